The number of hydrogen-bond donors (Lipinski definition) is 2. The number of nitrogens with two attached hydrogens (primary N) is 1. The first-order valence-corrected chi connectivity index (χ1v) is 6.02. The lowest BCUT2D eigenvalue weighted by Crippen LogP contribution is -2.05. The standard InChI is InChI=1S/C14H12N4O2/c1-2-7-18-12(15)10(14(19)20)11-13(18)17-9-6-4-3-5-8(9)16-11/h2-6H,1,7,15H2,(H,19,20). The Kier molecular flexibility index (Phi) is 2.64. The minimum atomic E-state index is -1.11. The van der Waals surface area contributed by atoms with E-state index in [9.17, 15) is 9.90 Å². The Morgan fingerprint density at radius 1 is 1.35 bits per heavy atom. The lowest BCUT2D eigenvalue weighted by atomic mass is 10.2. The maximum atomic E-state index is 11.4. The Morgan fingerprint density at radius 2 is 2.00 bits per heavy atom. The van der Waals surface area contributed by atoms with E-state index in [0.717, 1.165) is 0 Å². The molecule has 3 rings (SSSR count). The minimum Gasteiger partial charge on any atom is -0.477 e. The predicted octanol–water partition coefficient (Wildman–Crippen LogP) is 2.05. The molecule has 3 N–H and O–H groups in total. The third-order valence-corrected chi connectivity index (χ3v) is 3.12. The molecule has 0 aliphatic rings. The summed E-state index contributed by atoms with van der Waals surface area (Å²) in [7, 11) is 0. The Labute approximate surface area is 114 Å². The number of nitrogens with zero attached hydrogens (tertiary/aromatic N) is 3. The summed E-state index contributed by atoms with van der Waals surface area (Å²) in [6.45, 7) is 4.03. The fraction of sp³-hybridized carbons (Fsp3) is 0.0714. The highest BCUT2D eigenvalue weighted by Crippen LogP contribution is 2.27. The van der Waals surface area contributed by atoms with Gasteiger partial charge in [-0.25, -0.2) is 14.8 Å². The summed E-state index contributed by atoms with van der Waals surface area (Å²) in [6.07, 6.45) is 1.64. The third-order valence-electron chi connectivity index (χ3n) is 3.12. The molecule has 0 fully saturated rings. The number of benzene rings is 1. The number of aromatic carboxylic acids is 1. The lowest BCUT2D eigenvalue weighted by Gasteiger charge is -2.03. The maximum Gasteiger partial charge on any atom is 0.341 e. The highest BCUT2D eigenvalue weighted by Gasteiger charge is 2.22. The van der Waals surface area contributed by atoms with Crippen molar-refractivity contribution in [3.05, 3.63) is 42.5 Å². The van der Waals surface area contributed by atoms with Gasteiger partial charge in [0.25, 0.3) is 0 Å². The van der Waals surface area contributed by atoms with E-state index in [1.807, 2.05) is 18.2 Å². The van der Waals surface area contributed by atoms with E-state index in [2.05, 4.69) is 16.5 Å². The lowest BCUT2D eigenvalue weighted by molar-refractivity contribution is 0.0700. The molecule has 3 aromatic rings. The molecular formula is C14H12N4O2. The van der Waals surface area contributed by atoms with Crippen LogP contribution in [0.2, 0.25) is 0 Å². The number of aromatic nitrogens is 3. The molecule has 0 amide bonds. The Balaban J connectivity index is 2.49. The summed E-state index contributed by atoms with van der Waals surface area (Å²) >= 11 is 0. The van der Waals surface area contributed by atoms with Crippen molar-refractivity contribution in [3.63, 3.8) is 0 Å². The van der Waals surface area contributed by atoms with E-state index in [0.29, 0.717) is 28.7 Å². The molecule has 100 valence electrons. The molecule has 2 heterocycles. The number of anilines is 1. The average Bonchev–Trinajstić information content (AvgIpc) is 2.69. The van der Waals surface area contributed by atoms with Gasteiger partial charge in [-0.3, -0.25) is 0 Å². The van der Waals surface area contributed by atoms with Gasteiger partial charge in [0.2, 0.25) is 0 Å². The average molecular weight is 268 g/mol. The van der Waals surface area contributed by atoms with Crippen molar-refractivity contribution in [3.8, 4) is 0 Å². The highest BCUT2D eigenvalue weighted by atomic mass is 16.4. The van der Waals surface area contributed by atoms with Gasteiger partial charge in [0.1, 0.15) is 16.9 Å². The summed E-state index contributed by atoms with van der Waals surface area (Å²) in [5.41, 5.74) is 8.00. The Morgan fingerprint density at radius 3 is 2.60 bits per heavy atom. The van der Waals surface area contributed by atoms with Crippen LogP contribution in [0.3, 0.4) is 0 Å². The van der Waals surface area contributed by atoms with Crippen LogP contribution >= 0.6 is 0 Å². The quantitative estimate of drug-likeness (QED) is 0.709. The number of allylic oxidation sites excluding steroid dienone is 1. The summed E-state index contributed by atoms with van der Waals surface area (Å²) < 4.78 is 1.60. The zero-order chi connectivity index (χ0) is 14.3. The number of hydrogen-bond acceptors (Lipinski definition) is 4. The monoisotopic (exact) mass is 268 g/mol. The maximum absolute atomic E-state index is 11.4. The number of carbonyl (C=O) groups is 1. The fourth-order valence-electron chi connectivity index (χ4n) is 2.24. The van der Waals surface area contributed by atoms with Gasteiger partial charge in [-0.05, 0) is 12.1 Å². The van der Waals surface area contributed by atoms with Gasteiger partial charge in [0, 0.05) is 6.54 Å². The second kappa shape index (κ2) is 4.34. The van der Waals surface area contributed by atoms with Crippen molar-refractivity contribution in [1.29, 1.82) is 0 Å². The van der Waals surface area contributed by atoms with E-state index < -0.39 is 5.97 Å². The zero-order valence-electron chi connectivity index (χ0n) is 10.6. The Bertz CT molecular complexity index is 851. The zero-order valence-corrected chi connectivity index (χ0v) is 10.6. The van der Waals surface area contributed by atoms with Crippen molar-refractivity contribution in [2.75, 3.05) is 5.73 Å². The van der Waals surface area contributed by atoms with E-state index in [4.69, 9.17) is 5.73 Å². The van der Waals surface area contributed by atoms with Crippen LogP contribution in [0.5, 0.6) is 0 Å². The van der Waals surface area contributed by atoms with Gasteiger partial charge in [-0.15, -0.1) is 6.58 Å². The smallest absolute Gasteiger partial charge is 0.341 e. The molecule has 2 aromatic heterocycles. The van der Waals surface area contributed by atoms with Crippen molar-refractivity contribution in [2.45, 2.75) is 6.54 Å². The number of para-hydroxylation sites is 2. The van der Waals surface area contributed by atoms with Crippen LogP contribution in [-0.4, -0.2) is 25.6 Å². The number of fused-ring (bicyclic) bond motifs is 2. The summed E-state index contributed by atoms with van der Waals surface area (Å²) in [4.78, 5) is 20.3. The summed E-state index contributed by atoms with van der Waals surface area (Å²) in [5.74, 6) is -0.970. The molecule has 0 saturated heterocycles. The second-order valence-electron chi connectivity index (χ2n) is 4.35. The highest BCUT2D eigenvalue weighted by molar-refractivity contribution is 6.07. The van der Waals surface area contributed by atoms with Crippen molar-refractivity contribution in [2.24, 2.45) is 0 Å². The first-order valence-electron chi connectivity index (χ1n) is 6.02. The van der Waals surface area contributed by atoms with Crippen LogP contribution in [-0.2, 0) is 6.54 Å². The van der Waals surface area contributed by atoms with E-state index in [-0.39, 0.29) is 11.4 Å². The van der Waals surface area contributed by atoms with E-state index in [1.54, 1.807) is 16.7 Å². The molecule has 0 bridgehead atoms. The molecule has 6 heteroatoms. The predicted molar refractivity (Wildman–Crippen MR) is 76.6 cm³/mol. The van der Waals surface area contributed by atoms with Crippen molar-refractivity contribution >= 4 is 34.0 Å². The molecule has 1 aromatic carbocycles. The third kappa shape index (κ3) is 1.62. The molecular weight excluding hydrogens is 256 g/mol. The van der Waals surface area contributed by atoms with Gasteiger partial charge >= 0.3 is 5.97 Å². The number of nitrogen functional groups attached to an aromatic ring is 1. The molecule has 0 aliphatic heterocycles. The largest absolute Gasteiger partial charge is 0.477 e. The van der Waals surface area contributed by atoms with Gasteiger partial charge in [0.15, 0.2) is 5.65 Å². The van der Waals surface area contributed by atoms with Crippen molar-refractivity contribution < 1.29 is 9.90 Å². The van der Waals surface area contributed by atoms with Gasteiger partial charge in [-0.1, -0.05) is 18.2 Å². The van der Waals surface area contributed by atoms with E-state index >= 15 is 0 Å². The van der Waals surface area contributed by atoms with Crippen LogP contribution in [0.4, 0.5) is 5.82 Å². The number of carboxylic acids is 1. The summed E-state index contributed by atoms with van der Waals surface area (Å²) in [6, 6.07) is 7.29. The first kappa shape index (κ1) is 12.2. The first-order chi connectivity index (χ1) is 9.63. The molecule has 0 atom stereocenters. The topological polar surface area (TPSA) is 94.0 Å². The summed E-state index contributed by atoms with van der Waals surface area (Å²) in [5, 5.41) is 9.33. The normalized spacial score (nSPS) is 11.0. The van der Waals surface area contributed by atoms with Gasteiger partial charge in [0.05, 0.1) is 11.0 Å². The molecule has 0 radical (unpaired) electrons. The van der Waals surface area contributed by atoms with E-state index in [1.165, 1.54) is 0 Å². The molecule has 0 aliphatic carbocycles. The SMILES string of the molecule is C=CCn1c(N)c(C(=O)O)c2nc3ccccc3nc21. The van der Waals surface area contributed by atoms with Crippen LogP contribution < -0.4 is 5.73 Å². The molecule has 0 spiro atoms. The van der Waals surface area contributed by atoms with Crippen LogP contribution in [0.25, 0.3) is 22.2 Å². The molecule has 20 heavy (non-hydrogen) atoms. The number of carboxylic acid groups (broad SMARTS) is 1. The van der Waals surface area contributed by atoms with Gasteiger partial charge in [-0.2, -0.15) is 0 Å². The van der Waals surface area contributed by atoms with Crippen LogP contribution in [0.1, 0.15) is 10.4 Å². The Hall–Kier alpha value is -2.89. The molecule has 6 nitrogen and oxygen atoms in total. The molecule has 0 saturated carbocycles. The minimum absolute atomic E-state index is 0.0138. The molecule has 0 unspecified atom stereocenters. The second-order valence-corrected chi connectivity index (χ2v) is 4.35. The number of rotatable bonds is 3. The van der Waals surface area contributed by atoms with Crippen LogP contribution in [0.15, 0.2) is 36.9 Å². The van der Waals surface area contributed by atoms with Gasteiger partial charge < -0.3 is 15.4 Å². The van der Waals surface area contributed by atoms with Crippen molar-refractivity contribution in [1.82, 2.24) is 14.5 Å². The fourth-order valence-corrected chi connectivity index (χ4v) is 2.24. The van der Waals surface area contributed by atoms with Crippen LogP contribution in [0, 0.1) is 0 Å².